The summed E-state index contributed by atoms with van der Waals surface area (Å²) < 4.78 is 348. The molecule has 0 radical (unpaired) electrons. The van der Waals surface area contributed by atoms with Crippen molar-refractivity contribution in [3.05, 3.63) is 202 Å². The Bertz CT molecular complexity index is 2940. The van der Waals surface area contributed by atoms with Gasteiger partial charge in [0.1, 0.15) is 18.1 Å². The van der Waals surface area contributed by atoms with E-state index in [0.29, 0.717) is 22.9 Å². The molecule has 0 bridgehead atoms. The Morgan fingerprint density at radius 2 is 0.713 bits per heavy atom. The van der Waals surface area contributed by atoms with Gasteiger partial charge >= 0.3 is 61.1 Å². The van der Waals surface area contributed by atoms with Crippen molar-refractivity contribution in [2.45, 2.75) is 60.9 Å². The minimum Gasteiger partial charge on any atom is -0.417 e. The summed E-state index contributed by atoms with van der Waals surface area (Å²) in [5.74, 6) is -0.0357. The van der Waals surface area contributed by atoms with Gasteiger partial charge in [0.15, 0.2) is 12.7 Å². The van der Waals surface area contributed by atoms with Crippen molar-refractivity contribution in [1.29, 1.82) is 0 Å². The number of carbonyl (C=O) groups is 1. The Morgan fingerprint density at radius 3 is 1.00 bits per heavy atom. The number of thiol groups is 1. The van der Waals surface area contributed by atoms with E-state index in [4.69, 9.17) is 4.74 Å². The molecule has 80 heavy (non-hydrogen) atoms. The quantitative estimate of drug-likeness (QED) is 0.0412. The Hall–Kier alpha value is -7.40. The maximum absolute atomic E-state index is 14.2. The van der Waals surface area contributed by atoms with Gasteiger partial charge < -0.3 is 4.74 Å². The molecular weight excluding hydrogens is 1160 g/mol. The van der Waals surface area contributed by atoms with Crippen LogP contribution in [0.2, 0.25) is 0 Å². The Kier molecular flexibility index (Phi) is 16.9. The zero-order valence-corrected chi connectivity index (χ0v) is 39.8. The van der Waals surface area contributed by atoms with Crippen molar-refractivity contribution in [3.8, 4) is 5.75 Å². The van der Waals surface area contributed by atoms with Gasteiger partial charge in [0.25, 0.3) is 0 Å². The van der Waals surface area contributed by atoms with Gasteiger partial charge in [-0.25, -0.2) is 4.79 Å². The summed E-state index contributed by atoms with van der Waals surface area (Å²) in [6, 6.07) is 8.19. The Labute approximate surface area is 438 Å². The van der Waals surface area contributed by atoms with Crippen molar-refractivity contribution in [2.75, 3.05) is 0 Å². The van der Waals surface area contributed by atoms with Crippen molar-refractivity contribution in [2.24, 2.45) is 0 Å². The molecule has 0 spiro atoms. The molecule has 1 aromatic heterocycles. The highest BCUT2D eigenvalue weighted by molar-refractivity contribution is 7.80. The monoisotopic (exact) mass is 1190 g/mol. The van der Waals surface area contributed by atoms with Gasteiger partial charge in [0.2, 0.25) is 0 Å². The maximum atomic E-state index is 14.2. The van der Waals surface area contributed by atoms with Gasteiger partial charge in [0, 0.05) is 10.5 Å². The van der Waals surface area contributed by atoms with Crippen LogP contribution in [0, 0.1) is 0 Å². The molecule has 4 nitrogen and oxygen atoms in total. The first-order chi connectivity index (χ1) is 36.5. The first kappa shape index (κ1) is 61.8. The number of halogens is 24. The molecule has 0 saturated heterocycles. The molecule has 426 valence electrons. The molecule has 0 fully saturated rings. The molecule has 30 heteroatoms. The summed E-state index contributed by atoms with van der Waals surface area (Å²) in [5.41, 5.74) is -28.7. The van der Waals surface area contributed by atoms with E-state index in [2.05, 4.69) is 17.6 Å². The first-order valence-electron chi connectivity index (χ1n) is 21.7. The number of rotatable bonds is 8. The van der Waals surface area contributed by atoms with Gasteiger partial charge in [-0.15, -0.1) is 12.6 Å². The average molecular weight is 1190 g/mol. The molecule has 0 aliphatic carbocycles. The number of aromatic nitrogens is 2. The van der Waals surface area contributed by atoms with E-state index in [0.717, 1.165) is 5.56 Å². The predicted octanol–water partition coefficient (Wildman–Crippen LogP) is 14.1. The Balaban J connectivity index is 0.000000370. The fraction of sp³-hybridized carbons (Fsp3) is 0.180. The normalized spacial score (nSPS) is 13.2. The number of para-hydroxylation sites is 1. The second-order valence-corrected chi connectivity index (χ2v) is 17.6. The fourth-order valence-corrected chi connectivity index (χ4v) is 8.45. The molecule has 0 aliphatic rings. The second-order valence-electron chi connectivity index (χ2n) is 17.2. The fourth-order valence-electron chi connectivity index (χ4n) is 8.24. The predicted molar refractivity (Wildman–Crippen MR) is 239 cm³/mol. The highest BCUT2D eigenvalue weighted by Gasteiger charge is 2.47. The third kappa shape index (κ3) is 14.3. The molecule has 1 heterocycles. The maximum Gasteiger partial charge on any atom is 0.416 e. The summed E-state index contributed by atoms with van der Waals surface area (Å²) in [4.78, 5) is 17.1. The van der Waals surface area contributed by atoms with Crippen LogP contribution in [0.1, 0.15) is 60.6 Å². The molecule has 0 aliphatic heterocycles. The van der Waals surface area contributed by atoms with E-state index in [-0.39, 0.29) is 0 Å². The molecule has 7 aromatic rings. The second kappa shape index (κ2) is 21.9. The first-order valence-corrected chi connectivity index (χ1v) is 22.2. The molecule has 0 amide bonds. The van der Waals surface area contributed by atoms with Crippen molar-refractivity contribution in [1.82, 2.24) is 4.98 Å². The summed E-state index contributed by atoms with van der Waals surface area (Å²) >= 11 is 4.29. The lowest BCUT2D eigenvalue weighted by Crippen LogP contribution is -2.75. The zero-order valence-electron chi connectivity index (χ0n) is 38.9. The van der Waals surface area contributed by atoms with Crippen molar-refractivity contribution < 1.29 is 119 Å². The van der Waals surface area contributed by atoms with Gasteiger partial charge in [0.05, 0.1) is 50.7 Å². The number of hydrogen-bond acceptors (Lipinski definition) is 4. The van der Waals surface area contributed by atoms with E-state index in [1.54, 1.807) is 30.6 Å². The molecular formula is C50H27BF24N2O2S. The van der Waals surface area contributed by atoms with Crippen LogP contribution >= 0.6 is 12.6 Å². The molecule has 6 aromatic carbocycles. The van der Waals surface area contributed by atoms with Crippen molar-refractivity contribution in [3.63, 3.8) is 0 Å². The number of esters is 1. The van der Waals surface area contributed by atoms with Gasteiger partial charge in [-0.05, 0) is 36.4 Å². The van der Waals surface area contributed by atoms with E-state index in [9.17, 15) is 110 Å². The van der Waals surface area contributed by atoms with Crippen LogP contribution in [0.3, 0.4) is 0 Å². The number of hydrogen-bond donors (Lipinski definition) is 1. The lowest BCUT2D eigenvalue weighted by atomic mass is 9.12. The van der Waals surface area contributed by atoms with Crippen molar-refractivity contribution >= 4 is 46.6 Å². The number of carbonyl (C=O) groups excluding carboxylic acids is 1. The van der Waals surface area contributed by atoms with Crippen LogP contribution in [0.15, 0.2) is 151 Å². The number of nitrogens with zero attached hydrogens (tertiary/aromatic N) is 2. The average Bonchev–Trinajstić information content (AvgIpc) is 3.47. The van der Waals surface area contributed by atoms with Gasteiger partial charge in [-0.1, -0.05) is 91.0 Å². The SMILES string of the molecule is FC(F)(F)c1cc([B-](c2cc(C(F)(F)F)cc(C(F)(F)F)c2)(c2cc(C(F)(F)F)cc(C(F)(F)F)c2)c2cc(C(F)(F)F)cc(C(F)(F)F)c2)cc(C(F)(F)F)c1.O=C(Oc1ccccc1S)c1cncc[n+]1Cc1ccccc1. The highest BCUT2D eigenvalue weighted by atomic mass is 32.1. The Morgan fingerprint density at radius 1 is 0.425 bits per heavy atom. The molecule has 0 N–H and O–H groups in total. The highest BCUT2D eigenvalue weighted by Crippen LogP contribution is 2.41. The minimum absolute atomic E-state index is 0.382. The number of ether oxygens (including phenoxy) is 1. The number of alkyl halides is 24. The summed E-state index contributed by atoms with van der Waals surface area (Å²) in [7, 11) is 0. The topological polar surface area (TPSA) is 43.1 Å². The molecule has 0 atom stereocenters. The van der Waals surface area contributed by atoms with Crippen LogP contribution < -0.4 is 31.2 Å². The van der Waals surface area contributed by atoms with Gasteiger partial charge in [-0.3, -0.25) is 4.98 Å². The molecule has 0 unspecified atom stereocenters. The molecule has 0 saturated carbocycles. The lowest BCUT2D eigenvalue weighted by molar-refractivity contribution is -0.691. The third-order valence-corrected chi connectivity index (χ3v) is 12.1. The van der Waals surface area contributed by atoms with Crippen LogP contribution in [0.4, 0.5) is 105 Å². The van der Waals surface area contributed by atoms with Crippen LogP contribution in [-0.4, -0.2) is 17.1 Å². The zero-order chi connectivity index (χ0) is 60.0. The van der Waals surface area contributed by atoms with Crippen LogP contribution in [-0.2, 0) is 56.0 Å². The van der Waals surface area contributed by atoms with E-state index in [1.165, 1.54) is 6.20 Å². The summed E-state index contributed by atoms with van der Waals surface area (Å²) in [5, 5.41) is 0. The smallest absolute Gasteiger partial charge is 0.416 e. The largest absolute Gasteiger partial charge is 0.417 e. The minimum atomic E-state index is -6.13. The molecule has 7 rings (SSSR count). The summed E-state index contributed by atoms with van der Waals surface area (Å²) in [6.07, 6.45) is -49.9. The van der Waals surface area contributed by atoms with E-state index >= 15 is 0 Å². The lowest BCUT2D eigenvalue weighted by Gasteiger charge is -2.46. The van der Waals surface area contributed by atoms with Gasteiger partial charge in [-0.2, -0.15) is 132 Å². The third-order valence-electron chi connectivity index (χ3n) is 11.8. The van der Waals surface area contributed by atoms with E-state index in [1.807, 2.05) is 41.0 Å². The van der Waals surface area contributed by atoms with E-state index < -0.39 is 201 Å². The summed E-state index contributed by atoms with van der Waals surface area (Å²) in [6.45, 7) is 0.566. The van der Waals surface area contributed by atoms with Crippen LogP contribution in [0.25, 0.3) is 0 Å². The standard InChI is InChI=1S/C32H12BF24.C18H14N2O2S/c34-25(35,36)13-1-14(26(37,38)39)6-21(5-13)33(22-7-15(27(40,41)42)2-16(8-22)28(43,44)45,23-9-17(29(46,47)48)3-18(10-23)30(49,50)51)24-11-19(31(52,53)54)4-20(12-24)32(55,56)57;21-18(22-16-8-4-5-9-17(16)23)15-12-19-10-11-20(15)13-14-6-2-1-3-7-14/h1-12H;1-12H,13H2/q-1;/p+1. The van der Waals surface area contributed by atoms with Crippen LogP contribution in [0.5, 0.6) is 5.75 Å². The number of benzene rings is 6.